The second-order valence-electron chi connectivity index (χ2n) is 3.42. The zero-order valence-corrected chi connectivity index (χ0v) is 8.63. The molecule has 0 unspecified atom stereocenters. The van der Waals surface area contributed by atoms with E-state index in [1.807, 2.05) is 13.8 Å². The molecule has 0 amide bonds. The van der Waals surface area contributed by atoms with Gasteiger partial charge < -0.3 is 4.74 Å². The lowest BCUT2D eigenvalue weighted by molar-refractivity contribution is 0.178. The predicted octanol–water partition coefficient (Wildman–Crippen LogP) is 3.67. The van der Waals surface area contributed by atoms with Crippen LogP contribution in [-0.4, -0.2) is 6.10 Å². The maximum Gasteiger partial charge on any atom is 0.0922 e. The van der Waals surface area contributed by atoms with Crippen LogP contribution in [0.5, 0.6) is 0 Å². The molecule has 0 radical (unpaired) electrons. The summed E-state index contributed by atoms with van der Waals surface area (Å²) >= 11 is 0. The summed E-state index contributed by atoms with van der Waals surface area (Å²) in [6, 6.07) is 0. The molecule has 0 aromatic rings. The lowest BCUT2D eigenvalue weighted by Gasteiger charge is -2.01. The van der Waals surface area contributed by atoms with E-state index in [0.29, 0.717) is 6.10 Å². The highest BCUT2D eigenvalue weighted by Crippen LogP contribution is 1.98. The van der Waals surface area contributed by atoms with Crippen LogP contribution in [0.1, 0.15) is 40.5 Å². The van der Waals surface area contributed by atoms with E-state index >= 15 is 0 Å². The molecular formula is C11H20O. The number of hydrogen-bond acceptors (Lipinski definition) is 1. The highest BCUT2D eigenvalue weighted by atomic mass is 16.5. The summed E-state index contributed by atoms with van der Waals surface area (Å²) in [4.78, 5) is 0. The van der Waals surface area contributed by atoms with Crippen molar-refractivity contribution in [2.24, 2.45) is 0 Å². The zero-order chi connectivity index (χ0) is 9.40. The smallest absolute Gasteiger partial charge is 0.0922 e. The molecule has 0 fully saturated rings. The normalized spacial score (nSPS) is 10.8. The van der Waals surface area contributed by atoms with Gasteiger partial charge in [-0.2, -0.15) is 0 Å². The molecular weight excluding hydrogens is 148 g/mol. The molecule has 0 saturated carbocycles. The molecule has 0 N–H and O–H groups in total. The van der Waals surface area contributed by atoms with E-state index in [-0.39, 0.29) is 0 Å². The van der Waals surface area contributed by atoms with Gasteiger partial charge in [-0.05, 0) is 46.6 Å². The van der Waals surface area contributed by atoms with E-state index < -0.39 is 0 Å². The first-order valence-corrected chi connectivity index (χ1v) is 4.56. The summed E-state index contributed by atoms with van der Waals surface area (Å²) in [7, 11) is 0. The Balaban J connectivity index is 3.31. The van der Waals surface area contributed by atoms with Gasteiger partial charge >= 0.3 is 0 Å². The summed E-state index contributed by atoms with van der Waals surface area (Å²) in [5.41, 5.74) is 1.38. The van der Waals surface area contributed by atoms with Gasteiger partial charge in [-0.3, -0.25) is 0 Å². The van der Waals surface area contributed by atoms with E-state index in [1.54, 1.807) is 6.26 Å². The van der Waals surface area contributed by atoms with Crippen molar-refractivity contribution >= 4 is 0 Å². The van der Waals surface area contributed by atoms with E-state index in [4.69, 9.17) is 4.74 Å². The Labute approximate surface area is 76.1 Å². The average molecular weight is 168 g/mol. The molecule has 1 heteroatoms. The van der Waals surface area contributed by atoms with Gasteiger partial charge in [0.15, 0.2) is 0 Å². The van der Waals surface area contributed by atoms with Crippen molar-refractivity contribution < 1.29 is 4.74 Å². The Kier molecular flexibility index (Phi) is 6.54. The lowest BCUT2D eigenvalue weighted by atomic mass is 10.2. The Bertz CT molecular complexity index is 150. The Morgan fingerprint density at radius 2 is 1.92 bits per heavy atom. The van der Waals surface area contributed by atoms with Crippen LogP contribution in [0.2, 0.25) is 0 Å². The van der Waals surface area contributed by atoms with Crippen molar-refractivity contribution in [1.29, 1.82) is 0 Å². The molecule has 0 aliphatic heterocycles. The van der Waals surface area contributed by atoms with Gasteiger partial charge in [0.1, 0.15) is 0 Å². The van der Waals surface area contributed by atoms with Gasteiger partial charge in [0.2, 0.25) is 0 Å². The zero-order valence-electron chi connectivity index (χ0n) is 8.63. The monoisotopic (exact) mass is 168 g/mol. The Hall–Kier alpha value is -0.720. The largest absolute Gasteiger partial charge is 0.499 e. The molecule has 0 heterocycles. The minimum atomic E-state index is 0.296. The molecule has 0 aliphatic rings. The fourth-order valence-electron chi connectivity index (χ4n) is 0.749. The van der Waals surface area contributed by atoms with E-state index in [2.05, 4.69) is 26.0 Å². The van der Waals surface area contributed by atoms with Crippen molar-refractivity contribution in [2.75, 3.05) is 0 Å². The first-order chi connectivity index (χ1) is 5.63. The molecule has 70 valence electrons. The highest BCUT2D eigenvalue weighted by molar-refractivity contribution is 4.94. The SMILES string of the molecule is CC(C)=CCC/C=C/OC(C)C. The summed E-state index contributed by atoms with van der Waals surface area (Å²) in [6.07, 6.45) is 8.57. The molecule has 0 aliphatic carbocycles. The predicted molar refractivity (Wildman–Crippen MR) is 54.0 cm³/mol. The number of rotatable bonds is 5. The fourth-order valence-corrected chi connectivity index (χ4v) is 0.749. The molecule has 0 spiro atoms. The first-order valence-electron chi connectivity index (χ1n) is 4.56. The number of allylic oxidation sites excluding steroid dienone is 3. The van der Waals surface area contributed by atoms with E-state index in [1.165, 1.54) is 5.57 Å². The van der Waals surface area contributed by atoms with Crippen molar-refractivity contribution in [3.63, 3.8) is 0 Å². The third-order valence-electron chi connectivity index (χ3n) is 1.33. The van der Waals surface area contributed by atoms with Crippen molar-refractivity contribution in [1.82, 2.24) is 0 Å². The molecule has 0 atom stereocenters. The summed E-state index contributed by atoms with van der Waals surface area (Å²) in [6.45, 7) is 8.30. The second-order valence-corrected chi connectivity index (χ2v) is 3.42. The third kappa shape index (κ3) is 9.28. The van der Waals surface area contributed by atoms with Crippen LogP contribution in [0.4, 0.5) is 0 Å². The van der Waals surface area contributed by atoms with Crippen LogP contribution in [-0.2, 0) is 4.74 Å². The van der Waals surface area contributed by atoms with Gasteiger partial charge in [-0.1, -0.05) is 11.6 Å². The molecule has 0 aromatic heterocycles. The van der Waals surface area contributed by atoms with Crippen LogP contribution in [0.15, 0.2) is 24.0 Å². The average Bonchev–Trinajstić information content (AvgIpc) is 1.95. The van der Waals surface area contributed by atoms with E-state index in [9.17, 15) is 0 Å². The minimum absolute atomic E-state index is 0.296. The fraction of sp³-hybridized carbons (Fsp3) is 0.636. The highest BCUT2D eigenvalue weighted by Gasteiger charge is 1.84. The molecule has 0 saturated heterocycles. The molecule has 0 rings (SSSR count). The molecule has 0 bridgehead atoms. The van der Waals surface area contributed by atoms with Crippen LogP contribution in [0.3, 0.4) is 0 Å². The Morgan fingerprint density at radius 1 is 1.25 bits per heavy atom. The summed E-state index contributed by atoms with van der Waals surface area (Å²) in [5.74, 6) is 0. The molecule has 12 heavy (non-hydrogen) atoms. The van der Waals surface area contributed by atoms with E-state index in [0.717, 1.165) is 12.8 Å². The third-order valence-corrected chi connectivity index (χ3v) is 1.33. The molecule has 0 aromatic carbocycles. The first kappa shape index (κ1) is 11.3. The van der Waals surface area contributed by atoms with Gasteiger partial charge in [0.05, 0.1) is 12.4 Å². The number of unbranched alkanes of at least 4 members (excludes halogenated alkanes) is 1. The minimum Gasteiger partial charge on any atom is -0.499 e. The van der Waals surface area contributed by atoms with Crippen LogP contribution in [0.25, 0.3) is 0 Å². The van der Waals surface area contributed by atoms with Crippen molar-refractivity contribution in [3.8, 4) is 0 Å². The van der Waals surface area contributed by atoms with Crippen molar-refractivity contribution in [2.45, 2.75) is 46.6 Å². The van der Waals surface area contributed by atoms with Crippen LogP contribution in [0, 0.1) is 0 Å². The van der Waals surface area contributed by atoms with Crippen molar-refractivity contribution in [3.05, 3.63) is 24.0 Å². The van der Waals surface area contributed by atoms with Crippen LogP contribution < -0.4 is 0 Å². The van der Waals surface area contributed by atoms with Gasteiger partial charge in [-0.15, -0.1) is 0 Å². The summed E-state index contributed by atoms with van der Waals surface area (Å²) < 4.78 is 5.25. The lowest BCUT2D eigenvalue weighted by Crippen LogP contribution is -1.94. The maximum atomic E-state index is 5.25. The molecule has 1 nitrogen and oxygen atoms in total. The standard InChI is InChI=1S/C11H20O/c1-10(2)8-6-5-7-9-12-11(3)4/h7-9,11H,5-6H2,1-4H3/b9-7+. The Morgan fingerprint density at radius 3 is 2.42 bits per heavy atom. The summed E-state index contributed by atoms with van der Waals surface area (Å²) in [5, 5.41) is 0. The maximum absolute atomic E-state index is 5.25. The van der Waals surface area contributed by atoms with Gasteiger partial charge in [0.25, 0.3) is 0 Å². The number of hydrogen-bond donors (Lipinski definition) is 0. The van der Waals surface area contributed by atoms with Gasteiger partial charge in [0, 0.05) is 0 Å². The second kappa shape index (κ2) is 6.96. The quantitative estimate of drug-likeness (QED) is 0.346. The van der Waals surface area contributed by atoms with Gasteiger partial charge in [-0.25, -0.2) is 0 Å². The van der Waals surface area contributed by atoms with Crippen LogP contribution >= 0.6 is 0 Å². The number of ether oxygens (including phenoxy) is 1. The topological polar surface area (TPSA) is 9.23 Å².